The van der Waals surface area contributed by atoms with Crippen LogP contribution < -0.4 is 28.9 Å². The zero-order chi connectivity index (χ0) is 50.4. The summed E-state index contributed by atoms with van der Waals surface area (Å²) < 4.78 is 130. The highest BCUT2D eigenvalue weighted by molar-refractivity contribution is 7.91. The van der Waals surface area contributed by atoms with E-state index in [1.807, 2.05) is 4.90 Å². The van der Waals surface area contributed by atoms with Crippen LogP contribution in [0, 0.1) is 18.6 Å². The number of anilines is 3. The summed E-state index contributed by atoms with van der Waals surface area (Å²) in [6.45, 7) is 7.30. The number of benzene rings is 3. The summed E-state index contributed by atoms with van der Waals surface area (Å²) in [6, 6.07) is 12.1. The first-order valence-corrected chi connectivity index (χ1v) is 24.8. The molecule has 0 saturated carbocycles. The number of hydrogen-bond acceptors (Lipinski definition) is 14. The number of nitrogens with zero attached hydrogens (tertiary/aromatic N) is 7. The molecule has 70 heavy (non-hydrogen) atoms. The Kier molecular flexibility index (Phi) is 12.5. The topological polar surface area (TPSA) is 160 Å². The van der Waals surface area contributed by atoms with Crippen molar-refractivity contribution in [2.45, 2.75) is 108 Å². The van der Waals surface area contributed by atoms with Crippen molar-refractivity contribution in [2.24, 2.45) is 0 Å². The lowest BCUT2D eigenvalue weighted by molar-refractivity contribution is -0.137. The maximum atomic E-state index is 18.0. The van der Waals surface area contributed by atoms with E-state index in [1.54, 1.807) is 86.0 Å². The molecular weight excluding hydrogens is 942 g/mol. The number of halogens is 5. The first-order valence-electron chi connectivity index (χ1n) is 22.8. The maximum Gasteiger partial charge on any atom is 0.417 e. The van der Waals surface area contributed by atoms with Gasteiger partial charge in [0.15, 0.2) is 15.7 Å². The van der Waals surface area contributed by atoms with Crippen LogP contribution in [0.4, 0.5) is 44.2 Å². The first-order chi connectivity index (χ1) is 33.0. The molecule has 6 atom stereocenters. The van der Waals surface area contributed by atoms with E-state index in [-0.39, 0.29) is 54.9 Å². The third kappa shape index (κ3) is 8.72. The van der Waals surface area contributed by atoms with E-state index in [1.165, 1.54) is 19.1 Å². The molecule has 9 rings (SSSR count). The van der Waals surface area contributed by atoms with Gasteiger partial charge in [-0.3, -0.25) is 4.90 Å². The van der Waals surface area contributed by atoms with E-state index >= 15 is 22.0 Å². The van der Waals surface area contributed by atoms with Crippen LogP contribution in [0.1, 0.15) is 62.8 Å². The summed E-state index contributed by atoms with van der Waals surface area (Å²) in [6.07, 6.45) is -4.50. The maximum absolute atomic E-state index is 18.0. The van der Waals surface area contributed by atoms with E-state index in [0.29, 0.717) is 35.5 Å². The number of hydrogen-bond donors (Lipinski definition) is 1. The highest BCUT2D eigenvalue weighted by Gasteiger charge is 2.55. The van der Waals surface area contributed by atoms with Gasteiger partial charge in [0, 0.05) is 38.0 Å². The molecular formula is C49H54F5N7O8S. The number of carbonyl (C=O) groups is 1. The molecule has 15 nitrogen and oxygen atoms in total. The Hall–Kier alpha value is -6.22. The van der Waals surface area contributed by atoms with Crippen molar-refractivity contribution in [1.82, 2.24) is 19.9 Å². The minimum absolute atomic E-state index is 0.00727. The number of rotatable bonds is 11. The predicted octanol–water partition coefficient (Wildman–Crippen LogP) is 7.85. The molecule has 1 N–H and O–H groups in total. The number of pyridine rings is 1. The Balaban J connectivity index is 1.25. The minimum atomic E-state index is -5.24. The predicted molar refractivity (Wildman–Crippen MR) is 251 cm³/mol. The normalized spacial score (nSPS) is 22.0. The number of amides is 1. The zero-order valence-electron chi connectivity index (χ0n) is 39.8. The molecule has 374 valence electrons. The van der Waals surface area contributed by atoms with Crippen LogP contribution in [0.5, 0.6) is 17.4 Å². The Bertz CT molecular complexity index is 2910. The van der Waals surface area contributed by atoms with Gasteiger partial charge in [0.1, 0.15) is 56.7 Å². The quantitative estimate of drug-likeness (QED) is 0.128. The monoisotopic (exact) mass is 995 g/mol. The van der Waals surface area contributed by atoms with Gasteiger partial charge in [0.25, 0.3) is 0 Å². The van der Waals surface area contributed by atoms with E-state index in [4.69, 9.17) is 23.9 Å². The summed E-state index contributed by atoms with van der Waals surface area (Å²) in [5.74, 6) is -1.81. The molecule has 2 aromatic heterocycles. The molecule has 0 aliphatic carbocycles. The molecule has 1 amide bonds. The molecule has 4 aliphatic rings. The number of carbonyl (C=O) groups excluding carboxylic acids is 1. The van der Waals surface area contributed by atoms with E-state index in [0.717, 1.165) is 19.2 Å². The molecule has 21 heteroatoms. The van der Waals surface area contributed by atoms with Crippen molar-refractivity contribution < 1.29 is 59.2 Å². The Morgan fingerprint density at radius 1 is 0.900 bits per heavy atom. The van der Waals surface area contributed by atoms with E-state index in [9.17, 15) is 18.3 Å². The number of aliphatic hydroxyl groups excluding tert-OH is 1. The highest BCUT2D eigenvalue weighted by Crippen LogP contribution is 2.50. The molecule has 5 aromatic rings. The van der Waals surface area contributed by atoms with Crippen molar-refractivity contribution >= 4 is 44.3 Å². The first kappa shape index (κ1) is 48.8. The van der Waals surface area contributed by atoms with Crippen LogP contribution in [-0.4, -0.2) is 121 Å². The summed E-state index contributed by atoms with van der Waals surface area (Å²) in [7, 11) is -0.693. The fraction of sp³-hybridized carbons (Fsp3) is 0.469. The lowest BCUT2D eigenvalue weighted by Crippen LogP contribution is -2.66. The summed E-state index contributed by atoms with van der Waals surface area (Å²) in [4.78, 5) is 34.4. The van der Waals surface area contributed by atoms with Gasteiger partial charge in [-0.25, -0.2) is 32.0 Å². The molecule has 4 aliphatic heterocycles. The highest BCUT2D eigenvalue weighted by atomic mass is 32.2. The van der Waals surface area contributed by atoms with E-state index in [2.05, 4.69) is 9.97 Å². The molecule has 0 spiro atoms. The molecule has 6 heterocycles. The second kappa shape index (κ2) is 17.9. The van der Waals surface area contributed by atoms with Gasteiger partial charge in [-0.2, -0.15) is 18.2 Å². The van der Waals surface area contributed by atoms with Gasteiger partial charge in [-0.05, 0) is 94.5 Å². The van der Waals surface area contributed by atoms with Crippen LogP contribution in [0.25, 0.3) is 22.2 Å². The summed E-state index contributed by atoms with van der Waals surface area (Å²) in [5, 5.41) is 9.39. The van der Waals surface area contributed by atoms with Crippen LogP contribution in [0.2, 0.25) is 0 Å². The Morgan fingerprint density at radius 2 is 1.51 bits per heavy atom. The van der Waals surface area contributed by atoms with Crippen LogP contribution in [-0.2, 0) is 33.8 Å². The van der Waals surface area contributed by atoms with Gasteiger partial charge < -0.3 is 38.8 Å². The standard InChI is InChI=1S/C49H54F5N7O8S/c1-25-38(49(52,53)54)32(19-34(39(25)50)58(20-27-9-14-30(66-6)15-10-27)21-28-11-16-31(67-7)17-12-28)41-40(51)42-37-44(57-46(56-42)59-23-36(35(59)24-62)70(8,64)65)60-22-29-13-18-33(43(60)26(2)68-45(37)55-41)61(29)47(63)69-48(3,4)5/h9-12,14-17,19,26,29,33,35-36,43,62H,13,18,20-24H2,1-8H3/t26-,29+,33-,35+,36+,43+/m0/s1. The molecule has 3 fully saturated rings. The van der Waals surface area contributed by atoms with Gasteiger partial charge in [0.2, 0.25) is 11.8 Å². The van der Waals surface area contributed by atoms with Gasteiger partial charge in [-0.1, -0.05) is 24.3 Å². The van der Waals surface area contributed by atoms with Gasteiger partial charge in [-0.15, -0.1) is 0 Å². The minimum Gasteiger partial charge on any atom is -0.497 e. The Morgan fingerprint density at radius 3 is 2.06 bits per heavy atom. The van der Waals surface area contributed by atoms with Crippen molar-refractivity contribution in [1.29, 1.82) is 0 Å². The second-order valence-corrected chi connectivity index (χ2v) is 21.6. The Labute approximate surface area is 402 Å². The number of alkyl halides is 3. The summed E-state index contributed by atoms with van der Waals surface area (Å²) >= 11 is 0. The molecule has 3 saturated heterocycles. The van der Waals surface area contributed by atoms with Gasteiger partial charge in [0.05, 0.1) is 56.2 Å². The SMILES string of the molecule is COc1ccc(CN(Cc2ccc(OC)cc2)c2cc(-c3nc4c5c(nc(N6C[C@@H](S(C)(=O)=O)[C@H]6CO)nc5c3F)N3C[C@H]5CC[C@@H]([C@H]3[C@H](C)O4)N5C(=O)OC(C)(C)C)c(C(F)(F)F)c(C)c2F)cc1. The molecule has 0 unspecified atom stereocenters. The van der Waals surface area contributed by atoms with Crippen molar-refractivity contribution in [3.63, 3.8) is 0 Å². The number of aromatic nitrogens is 3. The number of methoxy groups -OCH3 is 2. The van der Waals surface area contributed by atoms with Crippen LogP contribution in [0.15, 0.2) is 54.6 Å². The third-order valence-electron chi connectivity index (χ3n) is 13.7. The smallest absolute Gasteiger partial charge is 0.417 e. The van der Waals surface area contributed by atoms with Crippen LogP contribution in [0.3, 0.4) is 0 Å². The van der Waals surface area contributed by atoms with Crippen molar-refractivity contribution in [3.8, 4) is 28.6 Å². The number of fused-ring (bicyclic) bond motifs is 5. The van der Waals surface area contributed by atoms with Gasteiger partial charge >= 0.3 is 12.3 Å². The van der Waals surface area contributed by atoms with Crippen LogP contribution >= 0.6 is 0 Å². The summed E-state index contributed by atoms with van der Waals surface area (Å²) in [5.41, 5.74) is -4.22. The van der Waals surface area contributed by atoms with Crippen molar-refractivity contribution in [2.75, 3.05) is 54.9 Å². The largest absolute Gasteiger partial charge is 0.497 e. The number of sulfone groups is 1. The average Bonchev–Trinajstić information content (AvgIpc) is 3.53. The average molecular weight is 996 g/mol. The number of ether oxygens (including phenoxy) is 4. The number of aliphatic hydroxyl groups is 1. The molecule has 2 bridgehead atoms. The van der Waals surface area contributed by atoms with Crippen molar-refractivity contribution in [3.05, 3.63) is 88.5 Å². The van der Waals surface area contributed by atoms with E-state index < -0.39 is 109 Å². The molecule has 3 aromatic carbocycles. The lowest BCUT2D eigenvalue weighted by atomic mass is 9.95. The fourth-order valence-corrected chi connectivity index (χ4v) is 11.6. The zero-order valence-corrected chi connectivity index (χ0v) is 40.7. The fourth-order valence-electron chi connectivity index (χ4n) is 10.4. The third-order valence-corrected chi connectivity index (χ3v) is 15.3. The molecule has 0 radical (unpaired) electrons. The lowest BCUT2D eigenvalue weighted by Gasteiger charge is -2.48. The number of piperazine rings is 1. The second-order valence-electron chi connectivity index (χ2n) is 19.4.